The van der Waals surface area contributed by atoms with E-state index in [0.29, 0.717) is 13.0 Å². The summed E-state index contributed by atoms with van der Waals surface area (Å²) >= 11 is 0. The summed E-state index contributed by atoms with van der Waals surface area (Å²) in [5.41, 5.74) is 2.80. The number of hydrogen-bond acceptors (Lipinski definition) is 4. The second kappa shape index (κ2) is 6.56. The van der Waals surface area contributed by atoms with Crippen molar-refractivity contribution in [2.45, 2.75) is 13.3 Å². The molecule has 1 aliphatic rings. The van der Waals surface area contributed by atoms with Crippen LogP contribution in [0.5, 0.6) is 0 Å². The molecule has 2 amide bonds. The van der Waals surface area contributed by atoms with Gasteiger partial charge in [-0.05, 0) is 43.0 Å². The van der Waals surface area contributed by atoms with E-state index in [0.717, 1.165) is 16.9 Å². The monoisotopic (exact) mass is 325 g/mol. The summed E-state index contributed by atoms with van der Waals surface area (Å²) in [7, 11) is 1.03. The number of nitrogens with zero attached hydrogens (tertiary/aromatic N) is 1. The first-order chi connectivity index (χ1) is 10.3. The molecule has 0 unspecified atom stereocenters. The van der Waals surface area contributed by atoms with Crippen molar-refractivity contribution in [2.75, 3.05) is 42.4 Å². The topological polar surface area (TPSA) is 78.5 Å². The van der Waals surface area contributed by atoms with E-state index in [1.807, 2.05) is 44.1 Å². The quantitative estimate of drug-likeness (QED) is 0.882. The van der Waals surface area contributed by atoms with Crippen LogP contribution in [0.4, 0.5) is 16.2 Å². The van der Waals surface area contributed by atoms with Gasteiger partial charge in [0.05, 0.1) is 11.5 Å². The van der Waals surface area contributed by atoms with Crippen LogP contribution in [0.2, 0.25) is 0 Å². The molecule has 1 aromatic rings. The molecule has 1 saturated heterocycles. The maximum absolute atomic E-state index is 11.9. The zero-order valence-electron chi connectivity index (χ0n) is 13.2. The SMILES string of the molecule is Cc1cc(N(C)C)ccc1NC(=O)NC[C@@H]1CCS(=O)(=O)C1. The molecule has 1 fully saturated rings. The molecule has 0 bridgehead atoms. The first-order valence-electron chi connectivity index (χ1n) is 7.30. The number of benzene rings is 1. The molecule has 1 aliphatic heterocycles. The molecule has 0 spiro atoms. The second-order valence-corrected chi connectivity index (χ2v) is 8.23. The highest BCUT2D eigenvalue weighted by Gasteiger charge is 2.27. The molecule has 2 rings (SSSR count). The van der Waals surface area contributed by atoms with Gasteiger partial charge in [-0.25, -0.2) is 13.2 Å². The van der Waals surface area contributed by atoms with Gasteiger partial charge in [-0.15, -0.1) is 0 Å². The molecule has 6 nitrogen and oxygen atoms in total. The number of urea groups is 1. The van der Waals surface area contributed by atoms with Crippen molar-refractivity contribution in [1.82, 2.24) is 5.32 Å². The fraction of sp³-hybridized carbons (Fsp3) is 0.533. The third-order valence-electron chi connectivity index (χ3n) is 3.85. The van der Waals surface area contributed by atoms with E-state index in [9.17, 15) is 13.2 Å². The standard InChI is InChI=1S/C15H23N3O3S/c1-11-8-13(18(2)3)4-5-14(11)17-15(19)16-9-12-6-7-22(20,21)10-12/h4-5,8,12H,6-7,9-10H2,1-3H3,(H2,16,17,19)/t12-/m0/s1. The van der Waals surface area contributed by atoms with Crippen molar-refractivity contribution in [3.63, 3.8) is 0 Å². The summed E-state index contributed by atoms with van der Waals surface area (Å²) in [5, 5.41) is 5.55. The van der Waals surface area contributed by atoms with Crippen molar-refractivity contribution >= 4 is 27.2 Å². The van der Waals surface area contributed by atoms with Crippen LogP contribution in [0.1, 0.15) is 12.0 Å². The van der Waals surface area contributed by atoms with Gasteiger partial charge in [0.1, 0.15) is 0 Å². The van der Waals surface area contributed by atoms with E-state index in [2.05, 4.69) is 10.6 Å². The number of carbonyl (C=O) groups is 1. The molecule has 1 atom stereocenters. The van der Waals surface area contributed by atoms with Crippen molar-refractivity contribution in [3.05, 3.63) is 23.8 Å². The van der Waals surface area contributed by atoms with Crippen LogP contribution in [0.3, 0.4) is 0 Å². The molecule has 0 radical (unpaired) electrons. The number of sulfone groups is 1. The summed E-state index contributed by atoms with van der Waals surface area (Å²) < 4.78 is 22.8. The van der Waals surface area contributed by atoms with Gasteiger partial charge >= 0.3 is 6.03 Å². The number of amides is 2. The van der Waals surface area contributed by atoms with Gasteiger partial charge in [-0.1, -0.05) is 0 Å². The predicted octanol–water partition coefficient (Wildman–Crippen LogP) is 1.62. The highest BCUT2D eigenvalue weighted by Crippen LogP contribution is 2.21. The van der Waals surface area contributed by atoms with Crippen molar-refractivity contribution in [3.8, 4) is 0 Å². The van der Waals surface area contributed by atoms with Crippen LogP contribution in [0, 0.1) is 12.8 Å². The Morgan fingerprint density at radius 3 is 2.64 bits per heavy atom. The molecule has 2 N–H and O–H groups in total. The lowest BCUT2D eigenvalue weighted by Crippen LogP contribution is -2.33. The van der Waals surface area contributed by atoms with Crippen molar-refractivity contribution in [1.29, 1.82) is 0 Å². The van der Waals surface area contributed by atoms with Crippen LogP contribution < -0.4 is 15.5 Å². The summed E-state index contributed by atoms with van der Waals surface area (Å²) in [5.74, 6) is 0.420. The largest absolute Gasteiger partial charge is 0.378 e. The smallest absolute Gasteiger partial charge is 0.319 e. The van der Waals surface area contributed by atoms with Crippen LogP contribution in [-0.4, -0.2) is 46.6 Å². The Hall–Kier alpha value is -1.76. The minimum Gasteiger partial charge on any atom is -0.378 e. The summed E-state index contributed by atoms with van der Waals surface area (Å²) in [6.07, 6.45) is 0.624. The zero-order chi connectivity index (χ0) is 16.3. The van der Waals surface area contributed by atoms with E-state index >= 15 is 0 Å². The first kappa shape index (κ1) is 16.6. The lowest BCUT2D eigenvalue weighted by molar-refractivity contribution is 0.250. The minimum atomic E-state index is -2.90. The number of hydrogen-bond donors (Lipinski definition) is 2. The summed E-state index contributed by atoms with van der Waals surface area (Å²) in [6.45, 7) is 2.33. The lowest BCUT2D eigenvalue weighted by Gasteiger charge is -2.16. The van der Waals surface area contributed by atoms with Gasteiger partial charge in [0.2, 0.25) is 0 Å². The Balaban J connectivity index is 1.87. The third kappa shape index (κ3) is 4.37. The first-order valence-corrected chi connectivity index (χ1v) is 9.12. The minimum absolute atomic E-state index is 0.0213. The second-order valence-electron chi connectivity index (χ2n) is 6.00. The van der Waals surface area contributed by atoms with E-state index in [1.54, 1.807) is 0 Å². The average Bonchev–Trinajstić information content (AvgIpc) is 2.78. The molecule has 1 heterocycles. The number of aryl methyl sites for hydroxylation is 1. The molecule has 22 heavy (non-hydrogen) atoms. The van der Waals surface area contributed by atoms with E-state index in [4.69, 9.17) is 0 Å². The maximum atomic E-state index is 11.9. The Morgan fingerprint density at radius 2 is 2.09 bits per heavy atom. The van der Waals surface area contributed by atoms with Gasteiger partial charge < -0.3 is 15.5 Å². The van der Waals surface area contributed by atoms with Crippen molar-refractivity contribution < 1.29 is 13.2 Å². The molecule has 122 valence electrons. The maximum Gasteiger partial charge on any atom is 0.319 e. The molecule has 0 saturated carbocycles. The van der Waals surface area contributed by atoms with Crippen LogP contribution in [0.15, 0.2) is 18.2 Å². The fourth-order valence-corrected chi connectivity index (χ4v) is 4.36. The number of carbonyl (C=O) groups excluding carboxylic acids is 1. The average molecular weight is 325 g/mol. The molecular formula is C15H23N3O3S. The van der Waals surface area contributed by atoms with Gasteiger partial charge in [0, 0.05) is 32.0 Å². The van der Waals surface area contributed by atoms with E-state index < -0.39 is 9.84 Å². The summed E-state index contributed by atoms with van der Waals surface area (Å²) in [6, 6.07) is 5.50. The van der Waals surface area contributed by atoms with E-state index in [-0.39, 0.29) is 23.5 Å². The molecule has 7 heteroatoms. The van der Waals surface area contributed by atoms with Crippen molar-refractivity contribution in [2.24, 2.45) is 5.92 Å². The molecule has 1 aromatic carbocycles. The highest BCUT2D eigenvalue weighted by atomic mass is 32.2. The van der Waals surface area contributed by atoms with E-state index in [1.165, 1.54) is 0 Å². The lowest BCUT2D eigenvalue weighted by atomic mass is 10.1. The number of nitrogens with one attached hydrogen (secondary N) is 2. The molecular weight excluding hydrogens is 302 g/mol. The third-order valence-corrected chi connectivity index (χ3v) is 5.69. The Labute approximate surface area is 131 Å². The zero-order valence-corrected chi connectivity index (χ0v) is 14.0. The van der Waals surface area contributed by atoms with Crippen LogP contribution in [-0.2, 0) is 9.84 Å². The Kier molecular flexibility index (Phi) is 4.95. The molecule has 0 aliphatic carbocycles. The molecule has 0 aromatic heterocycles. The fourth-order valence-electron chi connectivity index (χ4n) is 2.50. The Bertz CT molecular complexity index is 656. The van der Waals surface area contributed by atoms with Crippen LogP contribution >= 0.6 is 0 Å². The van der Waals surface area contributed by atoms with Gasteiger partial charge in [0.25, 0.3) is 0 Å². The predicted molar refractivity (Wildman–Crippen MR) is 89.3 cm³/mol. The Morgan fingerprint density at radius 1 is 1.36 bits per heavy atom. The number of anilines is 2. The highest BCUT2D eigenvalue weighted by molar-refractivity contribution is 7.91. The van der Waals surface area contributed by atoms with Gasteiger partial charge in [-0.3, -0.25) is 0 Å². The van der Waals surface area contributed by atoms with Crippen LogP contribution in [0.25, 0.3) is 0 Å². The van der Waals surface area contributed by atoms with Gasteiger partial charge in [-0.2, -0.15) is 0 Å². The van der Waals surface area contributed by atoms with Gasteiger partial charge in [0.15, 0.2) is 9.84 Å². The normalized spacial score (nSPS) is 19.7. The number of rotatable bonds is 4. The summed E-state index contributed by atoms with van der Waals surface area (Å²) in [4.78, 5) is 13.9.